The van der Waals surface area contributed by atoms with Crippen LogP contribution in [0.2, 0.25) is 0 Å². The minimum absolute atomic E-state index is 0.417. The van der Waals surface area contributed by atoms with Gasteiger partial charge in [-0.05, 0) is 49.9 Å². The number of carbonyl (C=O) groups is 2. The Hall–Kier alpha value is -2.21. The Balaban J connectivity index is 1.91. The molecule has 100 valence electrons. The van der Waals surface area contributed by atoms with Crippen LogP contribution in [0.15, 0.2) is 34.3 Å². The molecule has 20 heavy (non-hydrogen) atoms. The van der Waals surface area contributed by atoms with Crippen molar-refractivity contribution in [2.45, 2.75) is 23.9 Å². The number of nitrogens with one attached hydrogen (secondary N) is 1. The molecule has 1 aromatic carbocycles. The van der Waals surface area contributed by atoms with Crippen LogP contribution < -0.4 is 5.32 Å². The lowest BCUT2D eigenvalue weighted by Gasteiger charge is -2.04. The van der Waals surface area contributed by atoms with Crippen molar-refractivity contribution in [2.75, 3.05) is 5.32 Å². The van der Waals surface area contributed by atoms with Gasteiger partial charge in [-0.3, -0.25) is 9.59 Å². The number of amides is 1. The minimum atomic E-state index is -0.579. The molecule has 2 heterocycles. The van der Waals surface area contributed by atoms with Crippen LogP contribution in [0.5, 0.6) is 0 Å². The Morgan fingerprint density at radius 1 is 1.05 bits per heavy atom. The molecule has 0 bridgehead atoms. The molecule has 1 N–H and O–H groups in total. The number of carbonyl (C=O) groups excluding carboxylic acids is 2. The highest BCUT2D eigenvalue weighted by atomic mass is 32.2. The number of aryl methyl sites for hydroxylation is 2. The van der Waals surface area contributed by atoms with Crippen molar-refractivity contribution >= 4 is 29.1 Å². The van der Waals surface area contributed by atoms with Gasteiger partial charge in [0.25, 0.3) is 11.7 Å². The molecule has 1 aliphatic rings. The lowest BCUT2D eigenvalue weighted by Crippen LogP contribution is -2.12. The number of anilines is 1. The van der Waals surface area contributed by atoms with Crippen LogP contribution in [-0.4, -0.2) is 21.7 Å². The first-order chi connectivity index (χ1) is 9.52. The zero-order valence-electron chi connectivity index (χ0n) is 10.9. The van der Waals surface area contributed by atoms with Crippen molar-refractivity contribution < 1.29 is 9.59 Å². The van der Waals surface area contributed by atoms with Crippen molar-refractivity contribution in [3.8, 4) is 0 Å². The lowest BCUT2D eigenvalue weighted by molar-refractivity contribution is -0.112. The summed E-state index contributed by atoms with van der Waals surface area (Å²) in [7, 11) is 0. The molecule has 2 aromatic rings. The highest BCUT2D eigenvalue weighted by Crippen LogP contribution is 2.31. The van der Waals surface area contributed by atoms with Gasteiger partial charge in [0, 0.05) is 16.3 Å². The van der Waals surface area contributed by atoms with Gasteiger partial charge >= 0.3 is 0 Å². The summed E-state index contributed by atoms with van der Waals surface area (Å²) < 4.78 is 0. The average molecular weight is 285 g/mol. The molecule has 5 nitrogen and oxygen atoms in total. The normalized spacial score (nSPS) is 13.3. The second-order valence-electron chi connectivity index (χ2n) is 4.53. The third-order valence-electron chi connectivity index (χ3n) is 2.86. The van der Waals surface area contributed by atoms with Gasteiger partial charge in [-0.2, -0.15) is 0 Å². The fourth-order valence-electron chi connectivity index (χ4n) is 2.03. The summed E-state index contributed by atoms with van der Waals surface area (Å²) in [6, 6.07) is 7.12. The van der Waals surface area contributed by atoms with Crippen LogP contribution in [0.25, 0.3) is 0 Å². The van der Waals surface area contributed by atoms with E-state index in [4.69, 9.17) is 0 Å². The number of hydrogen-bond acceptors (Lipinski definition) is 5. The van der Waals surface area contributed by atoms with Crippen LogP contribution in [0, 0.1) is 13.8 Å². The van der Waals surface area contributed by atoms with Gasteiger partial charge in [0.2, 0.25) is 0 Å². The Morgan fingerprint density at radius 3 is 2.45 bits per heavy atom. The third kappa shape index (κ3) is 2.30. The number of nitrogens with zero attached hydrogens (tertiary/aromatic N) is 2. The molecular weight excluding hydrogens is 274 g/mol. The van der Waals surface area contributed by atoms with Crippen molar-refractivity contribution in [1.29, 1.82) is 0 Å². The molecule has 0 unspecified atom stereocenters. The van der Waals surface area contributed by atoms with E-state index in [-0.39, 0.29) is 0 Å². The Kier molecular flexibility index (Phi) is 3.02. The predicted octanol–water partition coefficient (Wildman–Crippen LogP) is 2.38. The number of ketones is 1. The van der Waals surface area contributed by atoms with E-state index in [9.17, 15) is 9.59 Å². The summed E-state index contributed by atoms with van der Waals surface area (Å²) in [5, 5.41) is 3.20. The van der Waals surface area contributed by atoms with E-state index >= 15 is 0 Å². The van der Waals surface area contributed by atoms with E-state index in [1.165, 1.54) is 11.8 Å². The molecule has 0 fully saturated rings. The maximum absolute atomic E-state index is 11.5. The topological polar surface area (TPSA) is 72.0 Å². The van der Waals surface area contributed by atoms with E-state index in [0.29, 0.717) is 16.4 Å². The van der Waals surface area contributed by atoms with Crippen LogP contribution >= 0.6 is 11.8 Å². The second-order valence-corrected chi connectivity index (χ2v) is 5.57. The van der Waals surface area contributed by atoms with Gasteiger partial charge in [-0.25, -0.2) is 9.97 Å². The maximum Gasteiger partial charge on any atom is 0.296 e. The number of aromatic nitrogens is 2. The highest BCUT2D eigenvalue weighted by molar-refractivity contribution is 7.99. The molecule has 6 heteroatoms. The summed E-state index contributed by atoms with van der Waals surface area (Å²) in [6.07, 6.45) is 0. The third-order valence-corrected chi connectivity index (χ3v) is 3.72. The fraction of sp³-hybridized carbons (Fsp3) is 0.143. The van der Waals surface area contributed by atoms with Crippen LogP contribution in [0.1, 0.15) is 21.7 Å². The smallest absolute Gasteiger partial charge is 0.296 e. The van der Waals surface area contributed by atoms with Crippen LogP contribution in [0.4, 0.5) is 5.69 Å². The molecule has 0 saturated carbocycles. The molecule has 0 aliphatic carbocycles. The minimum Gasteiger partial charge on any atom is -0.318 e. The molecule has 0 atom stereocenters. The van der Waals surface area contributed by atoms with Crippen LogP contribution in [0.3, 0.4) is 0 Å². The monoisotopic (exact) mass is 285 g/mol. The van der Waals surface area contributed by atoms with Gasteiger partial charge in [0.15, 0.2) is 5.16 Å². The van der Waals surface area contributed by atoms with Gasteiger partial charge in [-0.1, -0.05) is 0 Å². The Labute approximate surface area is 119 Å². The van der Waals surface area contributed by atoms with E-state index in [0.717, 1.165) is 16.3 Å². The molecule has 1 amide bonds. The summed E-state index contributed by atoms with van der Waals surface area (Å²) in [5.74, 6) is -1.07. The van der Waals surface area contributed by atoms with Crippen LogP contribution in [-0.2, 0) is 4.79 Å². The SMILES string of the molecule is Cc1cc(C)nc(Sc2ccc3c(c2)NC(=O)C3=O)n1. The average Bonchev–Trinajstić information content (AvgIpc) is 2.63. The maximum atomic E-state index is 11.5. The molecule has 0 spiro atoms. The number of rotatable bonds is 2. The zero-order chi connectivity index (χ0) is 14.3. The van der Waals surface area contributed by atoms with Gasteiger partial charge < -0.3 is 5.32 Å². The summed E-state index contributed by atoms with van der Waals surface area (Å²) >= 11 is 1.40. The quantitative estimate of drug-likeness (QED) is 0.677. The van der Waals surface area contributed by atoms with E-state index in [1.807, 2.05) is 19.9 Å². The fourth-order valence-corrected chi connectivity index (χ4v) is 2.94. The van der Waals surface area contributed by atoms with Gasteiger partial charge in [-0.15, -0.1) is 0 Å². The van der Waals surface area contributed by atoms with Crippen molar-refractivity contribution in [2.24, 2.45) is 0 Å². The zero-order valence-corrected chi connectivity index (χ0v) is 11.7. The van der Waals surface area contributed by atoms with E-state index < -0.39 is 11.7 Å². The number of benzene rings is 1. The first-order valence-electron chi connectivity index (χ1n) is 6.03. The Bertz CT molecular complexity index is 723. The molecule has 1 aliphatic heterocycles. The van der Waals surface area contributed by atoms with Gasteiger partial charge in [0.05, 0.1) is 11.3 Å². The highest BCUT2D eigenvalue weighted by Gasteiger charge is 2.27. The number of Topliss-reactive ketones (excluding diaryl/α,β-unsaturated/α-hetero) is 1. The molecule has 3 rings (SSSR count). The summed E-state index contributed by atoms with van der Waals surface area (Å²) in [6.45, 7) is 3.83. The summed E-state index contributed by atoms with van der Waals surface area (Å²) in [4.78, 5) is 32.4. The predicted molar refractivity (Wildman–Crippen MR) is 75.0 cm³/mol. The molecule has 0 saturated heterocycles. The van der Waals surface area contributed by atoms with Crippen molar-refractivity contribution in [3.05, 3.63) is 41.2 Å². The molecule has 1 aromatic heterocycles. The van der Waals surface area contributed by atoms with Crippen molar-refractivity contribution in [1.82, 2.24) is 9.97 Å². The number of hydrogen-bond donors (Lipinski definition) is 1. The molecular formula is C14H11N3O2S. The van der Waals surface area contributed by atoms with Crippen molar-refractivity contribution in [3.63, 3.8) is 0 Å². The first-order valence-corrected chi connectivity index (χ1v) is 6.84. The Morgan fingerprint density at radius 2 is 1.75 bits per heavy atom. The number of fused-ring (bicyclic) bond motifs is 1. The van der Waals surface area contributed by atoms with Gasteiger partial charge in [0.1, 0.15) is 0 Å². The summed E-state index contributed by atoms with van der Waals surface area (Å²) in [5.41, 5.74) is 2.78. The lowest BCUT2D eigenvalue weighted by atomic mass is 10.1. The van der Waals surface area contributed by atoms with E-state index in [2.05, 4.69) is 15.3 Å². The standard InChI is InChI=1S/C14H11N3O2S/c1-7-5-8(2)16-14(15-7)20-9-3-4-10-11(6-9)17-13(19)12(10)18/h3-6H,1-2H3,(H,17,18,19). The largest absolute Gasteiger partial charge is 0.318 e. The second kappa shape index (κ2) is 4.72. The van der Waals surface area contributed by atoms with E-state index in [1.54, 1.807) is 18.2 Å². The first kappa shape index (κ1) is 12.8. The molecule has 0 radical (unpaired) electrons.